The van der Waals surface area contributed by atoms with Crippen molar-refractivity contribution in [2.45, 2.75) is 33.1 Å². The van der Waals surface area contributed by atoms with Gasteiger partial charge in [-0.2, -0.15) is 0 Å². The molecule has 0 unspecified atom stereocenters. The summed E-state index contributed by atoms with van der Waals surface area (Å²) in [6, 6.07) is 4.11. The van der Waals surface area contributed by atoms with E-state index < -0.39 is 0 Å². The molecular weight excluding hydrogens is 264 g/mol. The van der Waals surface area contributed by atoms with E-state index in [0.29, 0.717) is 19.4 Å². The molecule has 2 rings (SSSR count). The molecule has 1 aliphatic rings. The van der Waals surface area contributed by atoms with Gasteiger partial charge in [0.2, 0.25) is 11.8 Å². The molecule has 0 aliphatic carbocycles. The Kier molecular flexibility index (Phi) is 4.78. The van der Waals surface area contributed by atoms with Gasteiger partial charge in [0.05, 0.1) is 12.8 Å². The van der Waals surface area contributed by atoms with Crippen molar-refractivity contribution in [2.24, 2.45) is 0 Å². The fourth-order valence-corrected chi connectivity index (χ4v) is 2.72. The molecule has 0 radical (unpaired) electrons. The van der Waals surface area contributed by atoms with Gasteiger partial charge in [0.25, 0.3) is 0 Å². The van der Waals surface area contributed by atoms with Gasteiger partial charge in [-0.15, -0.1) is 0 Å². The molecule has 0 aromatic heterocycles. The Labute approximate surface area is 126 Å². The van der Waals surface area contributed by atoms with Gasteiger partial charge in [-0.05, 0) is 63.2 Å². The molecule has 1 aromatic carbocycles. The van der Waals surface area contributed by atoms with Gasteiger partial charge in [0, 0.05) is 6.54 Å². The van der Waals surface area contributed by atoms with Crippen LogP contribution in [0.15, 0.2) is 12.1 Å². The molecule has 4 nitrogen and oxygen atoms in total. The number of benzene rings is 1. The van der Waals surface area contributed by atoms with E-state index in [1.54, 1.807) is 0 Å². The summed E-state index contributed by atoms with van der Waals surface area (Å²) in [6.07, 6.45) is 1.49. The van der Waals surface area contributed by atoms with Crippen molar-refractivity contribution in [3.8, 4) is 0 Å². The molecule has 2 amide bonds. The smallest absolute Gasteiger partial charge is 0.233 e. The summed E-state index contributed by atoms with van der Waals surface area (Å²) in [5.41, 5.74) is 4.36. The molecule has 4 heteroatoms. The van der Waals surface area contributed by atoms with Crippen LogP contribution in [0.1, 0.15) is 28.7 Å². The first-order valence-corrected chi connectivity index (χ1v) is 7.45. The number of aryl methyl sites for hydroxylation is 2. The van der Waals surface area contributed by atoms with Crippen LogP contribution in [0.25, 0.3) is 0 Å². The van der Waals surface area contributed by atoms with Gasteiger partial charge in [0.1, 0.15) is 0 Å². The highest BCUT2D eigenvalue weighted by molar-refractivity contribution is 5.99. The molecule has 114 valence electrons. The van der Waals surface area contributed by atoms with Crippen LogP contribution in [0.4, 0.5) is 0 Å². The highest BCUT2D eigenvalue weighted by Crippen LogP contribution is 2.21. The summed E-state index contributed by atoms with van der Waals surface area (Å²) in [6.45, 7) is 5.48. The van der Waals surface area contributed by atoms with Gasteiger partial charge in [-0.3, -0.25) is 14.5 Å². The predicted molar refractivity (Wildman–Crippen MR) is 83.2 cm³/mol. The van der Waals surface area contributed by atoms with Crippen LogP contribution < -0.4 is 0 Å². The fraction of sp³-hybridized carbons (Fsp3) is 0.529. The summed E-state index contributed by atoms with van der Waals surface area (Å²) in [5.74, 6) is -0.137. The van der Waals surface area contributed by atoms with Crippen molar-refractivity contribution in [2.75, 3.05) is 27.2 Å². The minimum Gasteiger partial charge on any atom is -0.309 e. The van der Waals surface area contributed by atoms with Crippen molar-refractivity contribution in [3.05, 3.63) is 34.4 Å². The first kappa shape index (κ1) is 15.7. The third kappa shape index (κ3) is 3.70. The summed E-state index contributed by atoms with van der Waals surface area (Å²) < 4.78 is 0. The number of carbonyl (C=O) groups is 2. The lowest BCUT2D eigenvalue weighted by Crippen LogP contribution is -2.38. The zero-order valence-corrected chi connectivity index (χ0v) is 13.4. The second kappa shape index (κ2) is 6.39. The number of carbonyl (C=O) groups excluding carboxylic acids is 2. The van der Waals surface area contributed by atoms with Crippen LogP contribution >= 0.6 is 0 Å². The van der Waals surface area contributed by atoms with Crippen LogP contribution in [0.3, 0.4) is 0 Å². The van der Waals surface area contributed by atoms with Crippen molar-refractivity contribution >= 4 is 11.8 Å². The number of nitrogens with zero attached hydrogens (tertiary/aromatic N) is 2. The molecule has 0 atom stereocenters. The van der Waals surface area contributed by atoms with Crippen LogP contribution in [-0.4, -0.2) is 48.8 Å². The summed E-state index contributed by atoms with van der Waals surface area (Å²) in [4.78, 5) is 28.2. The second-order valence-corrected chi connectivity index (χ2v) is 6.15. The van der Waals surface area contributed by atoms with E-state index in [2.05, 4.69) is 17.0 Å². The lowest BCUT2D eigenvalue weighted by molar-refractivity contribution is -0.143. The molecule has 1 heterocycles. The van der Waals surface area contributed by atoms with E-state index in [1.165, 1.54) is 16.0 Å². The van der Waals surface area contributed by atoms with Gasteiger partial charge in [0.15, 0.2) is 0 Å². The fourth-order valence-electron chi connectivity index (χ4n) is 2.72. The minimum atomic E-state index is -0.0687. The maximum atomic E-state index is 12.4. The van der Waals surface area contributed by atoms with E-state index in [4.69, 9.17) is 0 Å². The van der Waals surface area contributed by atoms with E-state index in [-0.39, 0.29) is 11.8 Å². The normalized spacial score (nSPS) is 15.4. The lowest BCUT2D eigenvalue weighted by atomic mass is 9.97. The molecule has 21 heavy (non-hydrogen) atoms. The average Bonchev–Trinajstić information content (AvgIpc) is 2.49. The maximum absolute atomic E-state index is 12.4. The Hall–Kier alpha value is -1.68. The Morgan fingerprint density at radius 1 is 1.00 bits per heavy atom. The van der Waals surface area contributed by atoms with Crippen LogP contribution in [0, 0.1) is 13.8 Å². The molecule has 0 spiro atoms. The monoisotopic (exact) mass is 288 g/mol. The Morgan fingerprint density at radius 3 is 1.90 bits per heavy atom. The van der Waals surface area contributed by atoms with E-state index in [9.17, 15) is 9.59 Å². The van der Waals surface area contributed by atoms with Gasteiger partial charge in [-0.25, -0.2) is 0 Å². The van der Waals surface area contributed by atoms with Crippen LogP contribution in [-0.2, 0) is 22.4 Å². The largest absolute Gasteiger partial charge is 0.309 e. The number of amides is 2. The molecule has 1 aliphatic heterocycles. The van der Waals surface area contributed by atoms with E-state index in [0.717, 1.165) is 24.1 Å². The Morgan fingerprint density at radius 2 is 1.48 bits per heavy atom. The molecule has 0 fully saturated rings. The highest BCUT2D eigenvalue weighted by atomic mass is 16.2. The third-order valence-electron chi connectivity index (χ3n) is 4.09. The predicted octanol–water partition coefficient (Wildman–Crippen LogP) is 1.71. The van der Waals surface area contributed by atoms with E-state index >= 15 is 0 Å². The van der Waals surface area contributed by atoms with Crippen molar-refractivity contribution in [1.82, 2.24) is 9.80 Å². The number of hydrogen-bond donors (Lipinski definition) is 0. The Bertz CT molecular complexity index is 521. The van der Waals surface area contributed by atoms with E-state index in [1.807, 2.05) is 27.9 Å². The third-order valence-corrected chi connectivity index (χ3v) is 4.09. The summed E-state index contributed by atoms with van der Waals surface area (Å²) in [7, 11) is 3.99. The van der Waals surface area contributed by atoms with Crippen molar-refractivity contribution < 1.29 is 9.59 Å². The van der Waals surface area contributed by atoms with Gasteiger partial charge in [-0.1, -0.05) is 12.1 Å². The SMILES string of the molecule is Cc1cc2c(cc1C)CC(=O)N(CCCN(C)C)C(=O)C2. The molecule has 0 saturated heterocycles. The van der Waals surface area contributed by atoms with Crippen molar-refractivity contribution in [1.29, 1.82) is 0 Å². The number of rotatable bonds is 4. The molecular formula is C17H24N2O2. The molecule has 0 saturated carbocycles. The average molecular weight is 288 g/mol. The zero-order valence-electron chi connectivity index (χ0n) is 13.4. The maximum Gasteiger partial charge on any atom is 0.233 e. The van der Waals surface area contributed by atoms with Crippen LogP contribution in [0.5, 0.6) is 0 Å². The standard InChI is InChI=1S/C17H24N2O2/c1-12-8-14-10-16(20)19(7-5-6-18(3)4)17(21)11-15(14)9-13(12)2/h8-9H,5-7,10-11H2,1-4H3. The summed E-state index contributed by atoms with van der Waals surface area (Å²) in [5, 5.41) is 0. The quantitative estimate of drug-likeness (QED) is 0.792. The first-order valence-electron chi connectivity index (χ1n) is 7.45. The highest BCUT2D eigenvalue weighted by Gasteiger charge is 2.27. The zero-order chi connectivity index (χ0) is 15.6. The minimum absolute atomic E-state index is 0.0687. The Balaban J connectivity index is 2.16. The number of hydrogen-bond acceptors (Lipinski definition) is 3. The van der Waals surface area contributed by atoms with Crippen LogP contribution in [0.2, 0.25) is 0 Å². The van der Waals surface area contributed by atoms with Gasteiger partial charge >= 0.3 is 0 Å². The molecule has 0 N–H and O–H groups in total. The number of fused-ring (bicyclic) bond motifs is 1. The van der Waals surface area contributed by atoms with Crippen molar-refractivity contribution in [3.63, 3.8) is 0 Å². The topological polar surface area (TPSA) is 40.6 Å². The first-order chi connectivity index (χ1) is 9.88. The summed E-state index contributed by atoms with van der Waals surface area (Å²) >= 11 is 0. The lowest BCUT2D eigenvalue weighted by Gasteiger charge is -2.19. The second-order valence-electron chi connectivity index (χ2n) is 6.15. The van der Waals surface area contributed by atoms with Gasteiger partial charge < -0.3 is 4.90 Å². The molecule has 1 aromatic rings. The molecule has 0 bridgehead atoms. The number of imide groups is 1.